The van der Waals surface area contributed by atoms with E-state index in [1.54, 1.807) is 44.2 Å². The zero-order chi connectivity index (χ0) is 15.0. The SMILES string of the molecule is C=CCOc1ccc(C=C(C#N)C(=O)OC(C)C)cc1. The Morgan fingerprint density at radius 3 is 2.55 bits per heavy atom. The van der Waals surface area contributed by atoms with Crippen LogP contribution in [-0.4, -0.2) is 18.7 Å². The molecule has 1 aromatic rings. The van der Waals surface area contributed by atoms with Gasteiger partial charge in [0, 0.05) is 0 Å². The molecule has 0 aliphatic rings. The number of nitrogens with zero attached hydrogens (tertiary/aromatic N) is 1. The summed E-state index contributed by atoms with van der Waals surface area (Å²) in [7, 11) is 0. The summed E-state index contributed by atoms with van der Waals surface area (Å²) in [6, 6.07) is 8.90. The Morgan fingerprint density at radius 1 is 1.40 bits per heavy atom. The van der Waals surface area contributed by atoms with Crippen molar-refractivity contribution in [2.24, 2.45) is 0 Å². The third-order valence-corrected chi connectivity index (χ3v) is 2.24. The van der Waals surface area contributed by atoms with E-state index < -0.39 is 5.97 Å². The van der Waals surface area contributed by atoms with Crippen molar-refractivity contribution in [3.8, 4) is 11.8 Å². The van der Waals surface area contributed by atoms with Gasteiger partial charge in [-0.2, -0.15) is 5.26 Å². The molecule has 1 aromatic carbocycles. The number of hydrogen-bond acceptors (Lipinski definition) is 4. The van der Waals surface area contributed by atoms with Crippen molar-refractivity contribution >= 4 is 12.0 Å². The predicted molar refractivity (Wildman–Crippen MR) is 77.0 cm³/mol. The van der Waals surface area contributed by atoms with E-state index in [-0.39, 0.29) is 11.7 Å². The highest BCUT2D eigenvalue weighted by Gasteiger charge is 2.12. The average Bonchev–Trinajstić information content (AvgIpc) is 2.42. The van der Waals surface area contributed by atoms with E-state index in [9.17, 15) is 4.79 Å². The second-order valence-electron chi connectivity index (χ2n) is 4.29. The molecule has 0 radical (unpaired) electrons. The molecule has 0 saturated heterocycles. The lowest BCUT2D eigenvalue weighted by molar-refractivity contribution is -0.142. The minimum Gasteiger partial charge on any atom is -0.490 e. The summed E-state index contributed by atoms with van der Waals surface area (Å²) in [5, 5.41) is 8.99. The van der Waals surface area contributed by atoms with Crippen molar-refractivity contribution in [3.05, 3.63) is 48.1 Å². The minimum absolute atomic E-state index is 0.0292. The molecule has 0 N–H and O–H groups in total. The van der Waals surface area contributed by atoms with Crippen molar-refractivity contribution in [3.63, 3.8) is 0 Å². The number of carbonyl (C=O) groups excluding carboxylic acids is 1. The summed E-state index contributed by atoms with van der Waals surface area (Å²) in [6.45, 7) is 7.46. The van der Waals surface area contributed by atoms with E-state index in [2.05, 4.69) is 6.58 Å². The first-order chi connectivity index (χ1) is 9.56. The average molecular weight is 271 g/mol. The number of benzene rings is 1. The van der Waals surface area contributed by atoms with E-state index >= 15 is 0 Å². The van der Waals surface area contributed by atoms with Crippen molar-refractivity contribution in [1.29, 1.82) is 5.26 Å². The molecular formula is C16H17NO3. The standard InChI is InChI=1S/C16H17NO3/c1-4-9-19-15-7-5-13(6-8-15)10-14(11-17)16(18)20-12(2)3/h4-8,10,12H,1,9H2,2-3H3. The predicted octanol–water partition coefficient (Wildman–Crippen LogP) is 3.11. The molecule has 0 unspecified atom stereocenters. The number of rotatable bonds is 6. The zero-order valence-corrected chi connectivity index (χ0v) is 11.6. The fraction of sp³-hybridized carbons (Fsp3) is 0.250. The van der Waals surface area contributed by atoms with Crippen LogP contribution < -0.4 is 4.74 Å². The molecular weight excluding hydrogens is 254 g/mol. The molecule has 1 rings (SSSR count). The van der Waals surface area contributed by atoms with E-state index in [4.69, 9.17) is 14.7 Å². The number of ether oxygens (including phenoxy) is 2. The van der Waals surface area contributed by atoms with E-state index in [0.29, 0.717) is 12.4 Å². The van der Waals surface area contributed by atoms with Gasteiger partial charge in [0.25, 0.3) is 0 Å². The maximum atomic E-state index is 11.6. The van der Waals surface area contributed by atoms with Gasteiger partial charge < -0.3 is 9.47 Å². The Kier molecular flexibility index (Phi) is 6.05. The van der Waals surface area contributed by atoms with Gasteiger partial charge in [0.1, 0.15) is 24.0 Å². The van der Waals surface area contributed by atoms with E-state index in [0.717, 1.165) is 5.56 Å². The topological polar surface area (TPSA) is 59.3 Å². The molecule has 0 fully saturated rings. The molecule has 0 aliphatic heterocycles. The lowest BCUT2D eigenvalue weighted by Gasteiger charge is -2.07. The van der Waals surface area contributed by atoms with Gasteiger partial charge in [-0.15, -0.1) is 0 Å². The summed E-state index contributed by atoms with van der Waals surface area (Å²) in [6.07, 6.45) is 2.89. The number of esters is 1. The molecule has 104 valence electrons. The fourth-order valence-corrected chi connectivity index (χ4v) is 1.40. The van der Waals surface area contributed by atoms with Crippen molar-refractivity contribution in [2.75, 3.05) is 6.61 Å². The van der Waals surface area contributed by atoms with Crippen LogP contribution in [-0.2, 0) is 9.53 Å². The molecule has 0 saturated carbocycles. The molecule has 0 aliphatic carbocycles. The number of hydrogen-bond donors (Lipinski definition) is 0. The summed E-state index contributed by atoms with van der Waals surface area (Å²) in [5.41, 5.74) is 0.701. The molecule has 0 amide bonds. The van der Waals surface area contributed by atoms with Crippen LogP contribution in [0.1, 0.15) is 19.4 Å². The summed E-state index contributed by atoms with van der Waals surface area (Å²) < 4.78 is 10.3. The van der Waals surface area contributed by atoms with Gasteiger partial charge in [0.15, 0.2) is 0 Å². The van der Waals surface area contributed by atoms with Gasteiger partial charge in [-0.1, -0.05) is 24.8 Å². The van der Waals surface area contributed by atoms with Crippen LogP contribution in [0.25, 0.3) is 6.08 Å². The van der Waals surface area contributed by atoms with Crippen LogP contribution in [0.3, 0.4) is 0 Å². The van der Waals surface area contributed by atoms with E-state index in [1.165, 1.54) is 6.08 Å². The Balaban J connectivity index is 2.83. The van der Waals surface area contributed by atoms with Crippen LogP contribution in [0.5, 0.6) is 5.75 Å². The first-order valence-electron chi connectivity index (χ1n) is 6.23. The molecule has 0 bridgehead atoms. The van der Waals surface area contributed by atoms with Crippen molar-refractivity contribution in [1.82, 2.24) is 0 Å². The highest BCUT2D eigenvalue weighted by Crippen LogP contribution is 2.15. The third kappa shape index (κ3) is 4.99. The van der Waals surface area contributed by atoms with Crippen LogP contribution in [0.2, 0.25) is 0 Å². The molecule has 0 heterocycles. The molecule has 0 spiro atoms. The second kappa shape index (κ2) is 7.80. The van der Waals surface area contributed by atoms with Gasteiger partial charge in [-0.3, -0.25) is 0 Å². The number of nitriles is 1. The monoisotopic (exact) mass is 271 g/mol. The molecule has 0 atom stereocenters. The molecule has 0 aromatic heterocycles. The van der Waals surface area contributed by atoms with Crippen LogP contribution in [0.15, 0.2) is 42.5 Å². The largest absolute Gasteiger partial charge is 0.490 e. The summed E-state index contributed by atoms with van der Waals surface area (Å²) in [5.74, 6) is 0.0831. The third-order valence-electron chi connectivity index (χ3n) is 2.24. The summed E-state index contributed by atoms with van der Waals surface area (Å²) in [4.78, 5) is 11.6. The van der Waals surface area contributed by atoms with Crippen LogP contribution in [0, 0.1) is 11.3 Å². The van der Waals surface area contributed by atoms with Gasteiger partial charge in [0.2, 0.25) is 0 Å². The Labute approximate surface area is 118 Å². The normalized spacial score (nSPS) is 10.8. The Morgan fingerprint density at radius 2 is 2.05 bits per heavy atom. The van der Waals surface area contributed by atoms with Gasteiger partial charge in [-0.25, -0.2) is 4.79 Å². The van der Waals surface area contributed by atoms with Crippen LogP contribution in [0.4, 0.5) is 0 Å². The number of carbonyl (C=O) groups is 1. The Bertz CT molecular complexity index is 536. The smallest absolute Gasteiger partial charge is 0.349 e. The van der Waals surface area contributed by atoms with Crippen molar-refractivity contribution in [2.45, 2.75) is 20.0 Å². The molecule has 4 nitrogen and oxygen atoms in total. The Hall–Kier alpha value is -2.54. The van der Waals surface area contributed by atoms with Crippen molar-refractivity contribution < 1.29 is 14.3 Å². The summed E-state index contributed by atoms with van der Waals surface area (Å²) >= 11 is 0. The lowest BCUT2D eigenvalue weighted by Crippen LogP contribution is -2.12. The zero-order valence-electron chi connectivity index (χ0n) is 11.6. The molecule has 4 heteroatoms. The highest BCUT2D eigenvalue weighted by atomic mass is 16.5. The molecule has 20 heavy (non-hydrogen) atoms. The fourth-order valence-electron chi connectivity index (χ4n) is 1.40. The lowest BCUT2D eigenvalue weighted by atomic mass is 10.1. The maximum Gasteiger partial charge on any atom is 0.349 e. The van der Waals surface area contributed by atoms with E-state index in [1.807, 2.05) is 6.07 Å². The first-order valence-corrected chi connectivity index (χ1v) is 6.23. The maximum absolute atomic E-state index is 11.6. The highest BCUT2D eigenvalue weighted by molar-refractivity contribution is 5.97. The van der Waals surface area contributed by atoms with Gasteiger partial charge >= 0.3 is 5.97 Å². The van der Waals surface area contributed by atoms with Gasteiger partial charge in [-0.05, 0) is 37.6 Å². The quantitative estimate of drug-likeness (QED) is 0.345. The van der Waals surface area contributed by atoms with Gasteiger partial charge in [0.05, 0.1) is 6.10 Å². The minimum atomic E-state index is -0.616. The first kappa shape index (κ1) is 15.5. The van der Waals surface area contributed by atoms with Crippen LogP contribution >= 0.6 is 0 Å². The second-order valence-corrected chi connectivity index (χ2v) is 4.29.